The number of rotatable bonds is 25. The lowest BCUT2D eigenvalue weighted by Gasteiger charge is -2.13. The van der Waals surface area contributed by atoms with Crippen LogP contribution in [-0.4, -0.2) is 146 Å². The number of nitrogens with zero attached hydrogens (tertiary/aromatic N) is 5. The summed E-state index contributed by atoms with van der Waals surface area (Å²) in [5.74, 6) is 2.33. The number of fused-ring (bicyclic) bond motifs is 5. The van der Waals surface area contributed by atoms with E-state index in [4.69, 9.17) is 37.9 Å². The molecule has 0 fully saturated rings. The van der Waals surface area contributed by atoms with Crippen LogP contribution in [0.1, 0.15) is 119 Å². The second-order valence-electron chi connectivity index (χ2n) is 26.5. The van der Waals surface area contributed by atoms with Crippen LogP contribution >= 0.6 is 0 Å². The molecule has 0 unspecified atom stereocenters. The maximum absolute atomic E-state index is 13.0. The summed E-state index contributed by atoms with van der Waals surface area (Å²) < 4.78 is 42.2. The van der Waals surface area contributed by atoms with Crippen LogP contribution < -0.4 is 37.9 Å². The molecule has 0 atom stereocenters. The van der Waals surface area contributed by atoms with Gasteiger partial charge in [0.2, 0.25) is 11.5 Å². The first-order valence-electron chi connectivity index (χ1n) is 37.3. The monoisotopic (exact) mass is 1620 g/mol. The van der Waals surface area contributed by atoms with E-state index in [9.17, 15) is 59.7 Å². The number of aliphatic hydroxyl groups excluding tert-OH is 7. The first kappa shape index (κ1) is 86.6. The molecule has 5 heterocycles. The molecule has 0 aliphatic rings. The fourth-order valence-electron chi connectivity index (χ4n) is 13.5. The Balaban J connectivity index is 0.000000147. The van der Waals surface area contributed by atoms with Gasteiger partial charge in [-0.3, -0.25) is 43.9 Å². The number of benzene rings is 10. The first-order valence-corrected chi connectivity index (χ1v) is 37.3. The summed E-state index contributed by atoms with van der Waals surface area (Å²) in [6, 6.07) is 63.8. The van der Waals surface area contributed by atoms with Gasteiger partial charge in [-0.15, -0.1) is 0 Å². The van der Waals surface area contributed by atoms with Crippen LogP contribution in [0.3, 0.4) is 0 Å². The molecule has 0 bridgehead atoms. The zero-order valence-corrected chi connectivity index (χ0v) is 66.7. The zero-order valence-electron chi connectivity index (χ0n) is 66.7. The van der Waals surface area contributed by atoms with Gasteiger partial charge in [-0.05, 0) is 150 Å². The van der Waals surface area contributed by atoms with E-state index in [-0.39, 0.29) is 75.2 Å². The van der Waals surface area contributed by atoms with Crippen molar-refractivity contribution in [3.8, 4) is 46.0 Å². The van der Waals surface area contributed by atoms with Crippen LogP contribution in [0.2, 0.25) is 0 Å². The number of methoxy groups -OCH3 is 8. The highest BCUT2D eigenvalue weighted by molar-refractivity contribution is 6.18. The predicted octanol–water partition coefficient (Wildman–Crippen LogP) is 13.8. The minimum absolute atomic E-state index is 0.156. The average molecular weight is 1620 g/mol. The number of para-hydroxylation sites is 3. The predicted molar refractivity (Wildman–Crippen MR) is 452 cm³/mol. The van der Waals surface area contributed by atoms with Crippen molar-refractivity contribution >= 4 is 83.4 Å². The highest BCUT2D eigenvalue weighted by Gasteiger charge is 2.25. The average Bonchev–Trinajstić information content (AvgIpc) is 0.794. The van der Waals surface area contributed by atoms with E-state index in [0.717, 1.165) is 54.5 Å². The van der Waals surface area contributed by atoms with Gasteiger partial charge in [-0.25, -0.2) is 4.98 Å². The molecule has 25 heteroatoms. The number of hydrogen-bond acceptors (Lipinski definition) is 25. The number of ketones is 5. The van der Waals surface area contributed by atoms with Gasteiger partial charge in [0.05, 0.1) is 131 Å². The lowest BCUT2D eigenvalue weighted by molar-refractivity contribution is 0.102. The number of aromatic nitrogens is 5. The van der Waals surface area contributed by atoms with E-state index in [1.54, 1.807) is 128 Å². The molecule has 15 rings (SSSR count). The quantitative estimate of drug-likeness (QED) is 0.0261. The van der Waals surface area contributed by atoms with E-state index < -0.39 is 0 Å². The van der Waals surface area contributed by atoms with Gasteiger partial charge in [0.1, 0.15) is 22.9 Å². The molecule has 0 saturated heterocycles. The molecule has 610 valence electrons. The highest BCUT2D eigenvalue weighted by atomic mass is 16.5. The fraction of sp³-hybridized carbons (Fsp3) is 0.158. The molecule has 15 aromatic rings. The summed E-state index contributed by atoms with van der Waals surface area (Å²) in [6.07, 6.45) is 6.53. The number of ether oxygens (including phenoxy) is 8. The Morgan fingerprint density at radius 1 is 0.267 bits per heavy atom. The molecule has 0 aliphatic heterocycles. The third kappa shape index (κ3) is 19.4. The van der Waals surface area contributed by atoms with Gasteiger partial charge < -0.3 is 73.6 Å². The number of carbonyl (C=O) groups is 5. The van der Waals surface area contributed by atoms with Gasteiger partial charge >= 0.3 is 0 Å². The van der Waals surface area contributed by atoms with Gasteiger partial charge in [-0.2, -0.15) is 0 Å². The van der Waals surface area contributed by atoms with Gasteiger partial charge in [0.15, 0.2) is 46.1 Å². The Labute approximate surface area is 689 Å². The fourth-order valence-corrected chi connectivity index (χ4v) is 13.5. The van der Waals surface area contributed by atoms with Gasteiger partial charge in [0, 0.05) is 124 Å². The largest absolute Gasteiger partial charge is 0.496 e. The lowest BCUT2D eigenvalue weighted by atomic mass is 9.95. The summed E-state index contributed by atoms with van der Waals surface area (Å²) in [7, 11) is 11.9. The highest BCUT2D eigenvalue weighted by Crippen LogP contribution is 2.40. The van der Waals surface area contributed by atoms with Crippen LogP contribution in [-0.2, 0) is 46.2 Å². The number of aliphatic hydroxyl groups is 7. The van der Waals surface area contributed by atoms with Crippen molar-refractivity contribution in [2.75, 3.05) is 56.9 Å². The van der Waals surface area contributed by atoms with E-state index >= 15 is 0 Å². The Morgan fingerprint density at radius 2 is 0.650 bits per heavy atom. The number of hydrogen-bond donors (Lipinski definition) is 7. The van der Waals surface area contributed by atoms with Crippen molar-refractivity contribution in [3.63, 3.8) is 0 Å². The van der Waals surface area contributed by atoms with Crippen LogP contribution in [0.25, 0.3) is 54.5 Å². The van der Waals surface area contributed by atoms with Crippen molar-refractivity contribution in [2.45, 2.75) is 46.2 Å². The lowest BCUT2D eigenvalue weighted by Crippen LogP contribution is -2.07. The van der Waals surface area contributed by atoms with Gasteiger partial charge in [0.25, 0.3) is 0 Å². The van der Waals surface area contributed by atoms with Crippen LogP contribution in [0.5, 0.6) is 46.0 Å². The molecule has 7 N–H and O–H groups in total. The topological polar surface area (TPSA) is 365 Å². The SMILES string of the molecule is COc1cc(C(=O)c2ccc3ccccc3n2)cc(OC)c1OC.COc1cc(C(=O)c2ccc3ncccc3c2)cc(CO)c1OC.COc1cc(C(=O)c2cccc3ncccc23)cc(CO)c1CO.COc1cc(C(=O)c2ccnc3ccccc23)cc(CO)c1CO.COc1cc(C(=O)c2cnc3ccccc3c2)cc(CO)c1CO. The Kier molecular flexibility index (Phi) is 29.6. The molecule has 0 aliphatic carbocycles. The third-order valence-electron chi connectivity index (χ3n) is 19.6. The van der Waals surface area contributed by atoms with Crippen molar-refractivity contribution in [1.29, 1.82) is 0 Å². The summed E-state index contributed by atoms with van der Waals surface area (Å²) >= 11 is 0. The Hall–Kier alpha value is -14.3. The second kappa shape index (κ2) is 41.0. The molecular formula is C95H85N5O20. The summed E-state index contributed by atoms with van der Waals surface area (Å²) in [6.45, 7) is -1.93. The molecule has 120 heavy (non-hydrogen) atoms. The third-order valence-corrected chi connectivity index (χ3v) is 19.6. The van der Waals surface area contributed by atoms with E-state index in [0.29, 0.717) is 141 Å². The van der Waals surface area contributed by atoms with Crippen LogP contribution in [0.4, 0.5) is 0 Å². The maximum atomic E-state index is 13.0. The minimum Gasteiger partial charge on any atom is -0.496 e. The first-order chi connectivity index (χ1) is 58.4. The normalized spacial score (nSPS) is 10.7. The summed E-state index contributed by atoms with van der Waals surface area (Å²) in [4.78, 5) is 85.9. The molecular weight excluding hydrogens is 1530 g/mol. The Bertz CT molecular complexity index is 5610. The molecule has 25 nitrogen and oxygen atoms in total. The van der Waals surface area contributed by atoms with Gasteiger partial charge in [-0.1, -0.05) is 84.9 Å². The molecule has 0 radical (unpaired) electrons. The van der Waals surface area contributed by atoms with Crippen molar-refractivity contribution in [3.05, 3.63) is 338 Å². The standard InChI is InChI=1S/5C19H17NO4/c1-22-16-10-13(11-17(23-2)19(16)24-3)18(21)15-9-8-12-6-4-5-7-14(12)20-15;1-23-17-10-14(9-15(11-21)19(17)24-2)18(22)13-5-6-16-12(8-13)4-3-7-20-16;1-24-18-9-12(8-13(10-21)16(18)11-22)19(23)15-4-2-6-17-14(15)5-3-7-20-17;1-24-18-8-13(7-15(10-21)16(18)11-22)19(23)14-6-12-4-2-3-5-17(12)20-9-14;1-24-18-9-12(8-13(10-21)16(18)11-22)19(23)15-6-7-20-17-5-3-2-4-14(15)17/h4-11H,1-3H3;3-10,21H,11H2,1-2H3;3*2-9,21-22H,10-11H2,1H3. The van der Waals surface area contributed by atoms with Crippen molar-refractivity contribution < 1.29 is 97.6 Å². The maximum Gasteiger partial charge on any atom is 0.211 e. The zero-order chi connectivity index (χ0) is 85.5. The molecule has 5 aromatic heterocycles. The summed E-state index contributed by atoms with van der Waals surface area (Å²) in [5, 5.41) is 70.7. The molecule has 0 saturated carbocycles. The summed E-state index contributed by atoms with van der Waals surface area (Å²) in [5.41, 5.74) is 11.7. The second-order valence-corrected chi connectivity index (χ2v) is 26.5. The molecule has 10 aromatic carbocycles. The minimum atomic E-state index is -0.288. The molecule has 0 spiro atoms. The molecule has 0 amide bonds. The van der Waals surface area contributed by atoms with Crippen molar-refractivity contribution in [2.24, 2.45) is 0 Å². The van der Waals surface area contributed by atoms with Crippen LogP contribution in [0.15, 0.2) is 243 Å². The van der Waals surface area contributed by atoms with Crippen molar-refractivity contribution in [1.82, 2.24) is 24.9 Å². The van der Waals surface area contributed by atoms with E-state index in [2.05, 4.69) is 24.9 Å². The Morgan fingerprint density at radius 3 is 1.17 bits per heavy atom. The van der Waals surface area contributed by atoms with Crippen LogP contribution in [0, 0.1) is 0 Å². The number of pyridine rings is 5. The number of carbonyl (C=O) groups excluding carboxylic acids is 5. The van der Waals surface area contributed by atoms with E-state index in [1.165, 1.54) is 63.1 Å². The van der Waals surface area contributed by atoms with E-state index in [1.807, 2.05) is 109 Å². The smallest absolute Gasteiger partial charge is 0.211 e.